The highest BCUT2D eigenvalue weighted by Gasteiger charge is 2.53. The second kappa shape index (κ2) is 3.30. The van der Waals surface area contributed by atoms with Gasteiger partial charge in [0, 0.05) is 18.2 Å². The van der Waals surface area contributed by atoms with Crippen LogP contribution in [0.5, 0.6) is 0 Å². The Morgan fingerprint density at radius 2 is 2.27 bits per heavy atom. The molecule has 1 amide bonds. The van der Waals surface area contributed by atoms with Gasteiger partial charge in [-0.3, -0.25) is 4.79 Å². The van der Waals surface area contributed by atoms with Crippen LogP contribution in [0.1, 0.15) is 28.9 Å². The summed E-state index contributed by atoms with van der Waals surface area (Å²) in [4.78, 5) is 22.6. The maximum absolute atomic E-state index is 11.6. The first kappa shape index (κ1) is 10.1. The number of carbonyl (C=O) groups is 2. The highest BCUT2D eigenvalue weighted by Crippen LogP contribution is 2.40. The number of esters is 1. The van der Waals surface area contributed by atoms with Crippen LogP contribution in [-0.4, -0.2) is 21.9 Å². The number of hydrogen-bond acceptors (Lipinski definition) is 5. The van der Waals surface area contributed by atoms with Crippen molar-refractivity contribution in [3.8, 4) is 0 Å². The Hall–Kier alpha value is -1.43. The van der Waals surface area contributed by atoms with Gasteiger partial charge in [-0.25, -0.2) is 4.79 Å². The minimum absolute atomic E-state index is 0.410. The quantitative estimate of drug-likeness (QED) is 0.766. The first-order valence-electron chi connectivity index (χ1n) is 4.49. The van der Waals surface area contributed by atoms with Gasteiger partial charge in [0.05, 0.1) is 11.3 Å². The number of nitrogens with zero attached hydrogens (tertiary/aromatic N) is 1. The maximum atomic E-state index is 11.6. The molecular weight excluding hydrogens is 216 g/mol. The molecule has 0 radical (unpaired) electrons. The summed E-state index contributed by atoms with van der Waals surface area (Å²) in [6, 6.07) is 0. The molecule has 6 heteroatoms. The molecule has 0 aliphatic heterocycles. The van der Waals surface area contributed by atoms with E-state index in [9.17, 15) is 9.59 Å². The van der Waals surface area contributed by atoms with Crippen molar-refractivity contribution < 1.29 is 14.3 Å². The van der Waals surface area contributed by atoms with Crippen LogP contribution in [0.25, 0.3) is 0 Å². The summed E-state index contributed by atoms with van der Waals surface area (Å²) in [5, 5.41) is 1.61. The molecule has 1 aromatic heterocycles. The molecule has 0 spiro atoms. The topological polar surface area (TPSA) is 82.3 Å². The standard InChI is InChI=1S/C9H10N2O3S/c1-5-6(4-15-11-5)7(12)14-9(2-3-9)8(10)13/h4H,2-3H2,1H3,(H2,10,13). The van der Waals surface area contributed by atoms with E-state index in [1.807, 2.05) is 0 Å². The Morgan fingerprint density at radius 1 is 1.60 bits per heavy atom. The van der Waals surface area contributed by atoms with Crippen LogP contribution in [0.2, 0.25) is 0 Å². The van der Waals surface area contributed by atoms with E-state index in [1.54, 1.807) is 12.3 Å². The Balaban J connectivity index is 2.11. The number of rotatable bonds is 3. The van der Waals surface area contributed by atoms with Crippen LogP contribution >= 0.6 is 11.5 Å². The molecule has 2 N–H and O–H groups in total. The molecule has 0 unspecified atom stereocenters. The first-order chi connectivity index (χ1) is 7.05. The zero-order valence-electron chi connectivity index (χ0n) is 8.15. The Labute approximate surface area is 90.4 Å². The highest BCUT2D eigenvalue weighted by molar-refractivity contribution is 7.03. The van der Waals surface area contributed by atoms with Crippen LogP contribution in [0.15, 0.2) is 5.38 Å². The first-order valence-corrected chi connectivity index (χ1v) is 5.33. The van der Waals surface area contributed by atoms with Gasteiger partial charge in [0.25, 0.3) is 5.91 Å². The largest absolute Gasteiger partial charge is 0.445 e. The van der Waals surface area contributed by atoms with E-state index in [2.05, 4.69) is 4.37 Å². The van der Waals surface area contributed by atoms with Gasteiger partial charge in [-0.2, -0.15) is 4.37 Å². The number of nitrogens with two attached hydrogens (primary N) is 1. The van der Waals surface area contributed by atoms with Crippen molar-refractivity contribution in [3.05, 3.63) is 16.6 Å². The monoisotopic (exact) mass is 226 g/mol. The van der Waals surface area contributed by atoms with Crippen LogP contribution in [-0.2, 0) is 9.53 Å². The fourth-order valence-electron chi connectivity index (χ4n) is 1.23. The molecule has 15 heavy (non-hydrogen) atoms. The van der Waals surface area contributed by atoms with Gasteiger partial charge in [-0.15, -0.1) is 0 Å². The third-order valence-corrected chi connectivity index (χ3v) is 3.13. The minimum Gasteiger partial charge on any atom is -0.445 e. The predicted octanol–water partition coefficient (Wildman–Crippen LogP) is 0.626. The average molecular weight is 226 g/mol. The molecule has 1 aliphatic carbocycles. The molecule has 0 saturated heterocycles. The average Bonchev–Trinajstić information content (AvgIpc) is 2.82. The summed E-state index contributed by atoms with van der Waals surface area (Å²) in [6.07, 6.45) is 1.04. The summed E-state index contributed by atoms with van der Waals surface area (Å²) in [7, 11) is 0. The van der Waals surface area contributed by atoms with Gasteiger partial charge in [0.1, 0.15) is 0 Å². The van der Waals surface area contributed by atoms with Crippen molar-refractivity contribution in [2.45, 2.75) is 25.4 Å². The summed E-state index contributed by atoms with van der Waals surface area (Å²) in [6.45, 7) is 1.72. The molecule has 2 rings (SSSR count). The van der Waals surface area contributed by atoms with Crippen molar-refractivity contribution in [1.82, 2.24) is 4.37 Å². The Morgan fingerprint density at radius 3 is 2.67 bits per heavy atom. The fraction of sp³-hybridized carbons (Fsp3) is 0.444. The molecule has 1 fully saturated rings. The number of carbonyl (C=O) groups excluding carboxylic acids is 2. The third kappa shape index (κ3) is 1.72. The van der Waals surface area contributed by atoms with E-state index in [-0.39, 0.29) is 0 Å². The van der Waals surface area contributed by atoms with E-state index in [4.69, 9.17) is 10.5 Å². The second-order valence-corrected chi connectivity index (χ2v) is 4.19. The number of amides is 1. The zero-order valence-corrected chi connectivity index (χ0v) is 8.97. The maximum Gasteiger partial charge on any atom is 0.341 e. The highest BCUT2D eigenvalue weighted by atomic mass is 32.1. The van der Waals surface area contributed by atoms with Crippen molar-refractivity contribution >= 4 is 23.4 Å². The molecule has 0 atom stereocenters. The van der Waals surface area contributed by atoms with E-state index in [0.717, 1.165) is 0 Å². The van der Waals surface area contributed by atoms with E-state index < -0.39 is 17.5 Å². The molecule has 0 bridgehead atoms. The van der Waals surface area contributed by atoms with Crippen molar-refractivity contribution in [2.24, 2.45) is 5.73 Å². The van der Waals surface area contributed by atoms with Gasteiger partial charge in [-0.1, -0.05) is 0 Å². The molecule has 1 aromatic rings. The number of primary amides is 1. The van der Waals surface area contributed by atoms with Gasteiger partial charge in [-0.05, 0) is 18.5 Å². The van der Waals surface area contributed by atoms with Gasteiger partial charge >= 0.3 is 5.97 Å². The zero-order chi connectivity index (χ0) is 11.1. The molecule has 0 aromatic carbocycles. The lowest BCUT2D eigenvalue weighted by atomic mass is 10.2. The van der Waals surface area contributed by atoms with Gasteiger partial charge < -0.3 is 10.5 Å². The molecule has 5 nitrogen and oxygen atoms in total. The summed E-state index contributed by atoms with van der Waals surface area (Å²) in [5.41, 5.74) is 5.12. The van der Waals surface area contributed by atoms with E-state index >= 15 is 0 Å². The van der Waals surface area contributed by atoms with Crippen molar-refractivity contribution in [3.63, 3.8) is 0 Å². The Bertz CT molecular complexity index is 423. The second-order valence-electron chi connectivity index (χ2n) is 3.56. The van der Waals surface area contributed by atoms with Crippen LogP contribution in [0.3, 0.4) is 0 Å². The molecular formula is C9H10N2O3S. The minimum atomic E-state index is -1.05. The lowest BCUT2D eigenvalue weighted by Gasteiger charge is -2.11. The third-order valence-electron chi connectivity index (χ3n) is 2.41. The van der Waals surface area contributed by atoms with Crippen molar-refractivity contribution in [2.75, 3.05) is 0 Å². The summed E-state index contributed by atoms with van der Waals surface area (Å²) < 4.78 is 9.05. The molecule has 1 aliphatic rings. The van der Waals surface area contributed by atoms with Crippen molar-refractivity contribution in [1.29, 1.82) is 0 Å². The smallest absolute Gasteiger partial charge is 0.341 e. The van der Waals surface area contributed by atoms with Crippen LogP contribution < -0.4 is 5.73 Å². The number of ether oxygens (including phenoxy) is 1. The van der Waals surface area contributed by atoms with Gasteiger partial charge in [0.15, 0.2) is 5.60 Å². The van der Waals surface area contributed by atoms with E-state index in [0.29, 0.717) is 24.1 Å². The van der Waals surface area contributed by atoms with Gasteiger partial charge in [0.2, 0.25) is 0 Å². The van der Waals surface area contributed by atoms with Crippen LogP contribution in [0, 0.1) is 6.92 Å². The fourth-order valence-corrected chi connectivity index (χ4v) is 1.91. The molecule has 1 saturated carbocycles. The lowest BCUT2D eigenvalue weighted by molar-refractivity contribution is -0.128. The van der Waals surface area contributed by atoms with Crippen LogP contribution in [0.4, 0.5) is 0 Å². The normalized spacial score (nSPS) is 17.1. The number of aromatic nitrogens is 1. The molecule has 80 valence electrons. The summed E-state index contributed by atoms with van der Waals surface area (Å²) in [5.74, 6) is -1.09. The molecule has 1 heterocycles. The number of hydrogen-bond donors (Lipinski definition) is 1. The number of aryl methyl sites for hydroxylation is 1. The predicted molar refractivity (Wildman–Crippen MR) is 53.4 cm³/mol. The SMILES string of the molecule is Cc1nscc1C(=O)OC1(C(N)=O)CC1. The van der Waals surface area contributed by atoms with E-state index in [1.165, 1.54) is 11.5 Å². The lowest BCUT2D eigenvalue weighted by Crippen LogP contribution is -2.35. The summed E-state index contributed by atoms with van der Waals surface area (Å²) >= 11 is 1.18. The Kier molecular flexibility index (Phi) is 2.22.